The topological polar surface area (TPSA) is 173 Å². The molecule has 1 unspecified atom stereocenters. The van der Waals surface area contributed by atoms with Gasteiger partial charge in [-0.2, -0.15) is 10.1 Å². The maximum atomic E-state index is 13.5. The fraction of sp³-hybridized carbons (Fsp3) is 0.250. The molecule has 0 aliphatic rings. The number of H-pyrrole nitrogens is 1. The number of hydrogen-bond donors (Lipinski definition) is 3. The molecule has 4 aromatic rings. The Morgan fingerprint density at radius 2 is 1.84 bits per heavy atom. The molecule has 2 aromatic heterocycles. The minimum Gasteiger partial charge on any atom is -0.460 e. The van der Waals surface area contributed by atoms with Crippen molar-refractivity contribution >= 4 is 30.8 Å². The van der Waals surface area contributed by atoms with Crippen molar-refractivity contribution in [2.45, 2.75) is 26.3 Å². The number of fused-ring (bicyclic) bond motifs is 1. The van der Waals surface area contributed by atoms with Crippen LogP contribution >= 0.6 is 7.75 Å². The molecule has 0 aliphatic carbocycles. The number of nitrogens with one attached hydrogen (secondary N) is 2. The van der Waals surface area contributed by atoms with Crippen molar-refractivity contribution in [1.82, 2.24) is 24.6 Å². The molecule has 0 amide bonds. The second kappa shape index (κ2) is 12.5. The zero-order chi connectivity index (χ0) is 27.0. The highest BCUT2D eigenvalue weighted by Gasteiger charge is 2.32. The van der Waals surface area contributed by atoms with Gasteiger partial charge in [0.1, 0.15) is 25.1 Å². The van der Waals surface area contributed by atoms with Crippen molar-refractivity contribution in [2.24, 2.45) is 0 Å². The molecular weight excluding hydrogens is 515 g/mol. The lowest BCUT2D eigenvalue weighted by Crippen LogP contribution is -2.35. The lowest BCUT2D eigenvalue weighted by Gasteiger charge is -2.23. The summed E-state index contributed by atoms with van der Waals surface area (Å²) >= 11 is 0. The van der Waals surface area contributed by atoms with Gasteiger partial charge in [0.25, 0.3) is 5.56 Å². The Labute approximate surface area is 217 Å². The van der Waals surface area contributed by atoms with Gasteiger partial charge in [-0.3, -0.25) is 23.7 Å². The maximum Gasteiger partial charge on any atom is 0.459 e. The number of carbonyl (C=O) groups is 1. The van der Waals surface area contributed by atoms with Crippen molar-refractivity contribution in [1.29, 1.82) is 0 Å². The molecule has 13 nitrogen and oxygen atoms in total. The summed E-state index contributed by atoms with van der Waals surface area (Å²) in [5.74, 6) is -0.388. The number of hydrogen-bond acceptors (Lipinski definition) is 10. The minimum absolute atomic E-state index is 0.00496. The molecule has 14 heteroatoms. The third kappa shape index (κ3) is 7.26. The average Bonchev–Trinajstić information content (AvgIpc) is 3.31. The van der Waals surface area contributed by atoms with Gasteiger partial charge in [-0.05, 0) is 24.6 Å². The van der Waals surface area contributed by atoms with Gasteiger partial charge < -0.3 is 19.7 Å². The van der Waals surface area contributed by atoms with Crippen LogP contribution in [0.15, 0.2) is 71.8 Å². The van der Waals surface area contributed by atoms with Crippen LogP contribution in [0.2, 0.25) is 0 Å². The van der Waals surface area contributed by atoms with Gasteiger partial charge >= 0.3 is 13.7 Å². The molecule has 0 saturated carbocycles. The zero-order valence-corrected chi connectivity index (χ0v) is 21.4. The molecule has 2 heterocycles. The number of aromatic nitrogens is 4. The van der Waals surface area contributed by atoms with Gasteiger partial charge in [0.2, 0.25) is 5.95 Å². The van der Waals surface area contributed by atoms with Crippen molar-refractivity contribution < 1.29 is 27.9 Å². The highest BCUT2D eigenvalue weighted by molar-refractivity contribution is 7.52. The van der Waals surface area contributed by atoms with E-state index in [9.17, 15) is 14.2 Å². The molecule has 0 fully saturated rings. The van der Waals surface area contributed by atoms with E-state index >= 15 is 0 Å². The fourth-order valence-electron chi connectivity index (χ4n) is 3.30. The SMILES string of the molecule is C[C@H](NP(=O)(OCCOCn1cnc2c(=O)[nH]c(N)nc21)Oc1ccccc1)C(=O)OCc1ccccc1. The Bertz CT molecular complexity index is 1460. The summed E-state index contributed by atoms with van der Waals surface area (Å²) in [5.41, 5.74) is 6.33. The van der Waals surface area contributed by atoms with Gasteiger partial charge in [0.05, 0.1) is 19.5 Å². The number of para-hydroxylation sites is 1. The zero-order valence-electron chi connectivity index (χ0n) is 20.5. The standard InChI is InChI=1S/C24H27N6O7P/c1-17(23(32)35-14-18-8-4-2-5-9-18)29-38(33,37-19-10-6-3-7-11-19)36-13-12-34-16-30-15-26-20-21(30)27-24(25)28-22(20)31/h2-11,15,17H,12-14,16H2,1H3,(H,29,33)(H3,25,27,28,31)/t17-,38?/m0/s1. The van der Waals surface area contributed by atoms with E-state index in [2.05, 4.69) is 20.0 Å². The Morgan fingerprint density at radius 1 is 1.13 bits per heavy atom. The number of esters is 1. The molecule has 0 saturated heterocycles. The maximum absolute atomic E-state index is 13.5. The number of aromatic amines is 1. The van der Waals surface area contributed by atoms with Crippen LogP contribution in [0.1, 0.15) is 12.5 Å². The largest absolute Gasteiger partial charge is 0.460 e. The molecule has 2 atom stereocenters. The molecule has 4 rings (SSSR count). The van der Waals surface area contributed by atoms with E-state index < -0.39 is 25.3 Å². The van der Waals surface area contributed by atoms with Crippen molar-refractivity contribution in [2.75, 3.05) is 18.9 Å². The first-order valence-corrected chi connectivity index (χ1v) is 13.1. The quantitative estimate of drug-likeness (QED) is 0.129. The van der Waals surface area contributed by atoms with Crippen LogP contribution in [-0.2, 0) is 36.7 Å². The summed E-state index contributed by atoms with van der Waals surface area (Å²) in [6, 6.07) is 16.6. The Hall–Kier alpha value is -4.03. The molecule has 0 bridgehead atoms. The van der Waals surface area contributed by atoms with Crippen LogP contribution in [0.3, 0.4) is 0 Å². The summed E-state index contributed by atoms with van der Waals surface area (Å²) < 4.78 is 37.0. The number of nitrogens with zero attached hydrogens (tertiary/aromatic N) is 3. The highest BCUT2D eigenvalue weighted by atomic mass is 31.2. The molecule has 200 valence electrons. The molecule has 0 radical (unpaired) electrons. The first-order valence-electron chi connectivity index (χ1n) is 11.6. The summed E-state index contributed by atoms with van der Waals surface area (Å²) in [7, 11) is -4.02. The number of imidazole rings is 1. The van der Waals surface area contributed by atoms with Crippen LogP contribution in [0.4, 0.5) is 5.95 Å². The number of nitrogens with two attached hydrogens (primary N) is 1. The van der Waals surface area contributed by atoms with Crippen molar-refractivity contribution in [3.63, 3.8) is 0 Å². The number of ether oxygens (including phenoxy) is 2. The average molecular weight is 542 g/mol. The Kier molecular flexibility index (Phi) is 8.87. The molecule has 0 aliphatic heterocycles. The molecule has 4 N–H and O–H groups in total. The first-order chi connectivity index (χ1) is 18.3. The monoisotopic (exact) mass is 542 g/mol. The molecule has 38 heavy (non-hydrogen) atoms. The van der Waals surface area contributed by atoms with E-state index in [0.717, 1.165) is 5.56 Å². The normalized spacial score (nSPS) is 13.6. The summed E-state index contributed by atoms with van der Waals surface area (Å²) in [5, 5.41) is 2.62. The van der Waals surface area contributed by atoms with Crippen LogP contribution in [0, 0.1) is 0 Å². The summed E-state index contributed by atoms with van der Waals surface area (Å²) in [4.78, 5) is 34.8. The third-order valence-electron chi connectivity index (χ3n) is 5.11. The van der Waals surface area contributed by atoms with E-state index in [1.165, 1.54) is 17.8 Å². The van der Waals surface area contributed by atoms with Gasteiger partial charge in [-0.1, -0.05) is 48.5 Å². The number of anilines is 1. The highest BCUT2D eigenvalue weighted by Crippen LogP contribution is 2.44. The van der Waals surface area contributed by atoms with Gasteiger partial charge in [0, 0.05) is 0 Å². The lowest BCUT2D eigenvalue weighted by molar-refractivity contribution is -0.146. The number of rotatable bonds is 13. The third-order valence-corrected chi connectivity index (χ3v) is 6.79. The first kappa shape index (κ1) is 27.0. The number of nitrogen functional groups attached to an aromatic ring is 1. The van der Waals surface area contributed by atoms with E-state index in [1.807, 2.05) is 30.3 Å². The molecule has 0 spiro atoms. The van der Waals surface area contributed by atoms with Crippen LogP contribution < -0.4 is 20.9 Å². The Balaban J connectivity index is 1.33. The summed E-state index contributed by atoms with van der Waals surface area (Å²) in [6.07, 6.45) is 1.39. The fourth-order valence-corrected chi connectivity index (χ4v) is 4.77. The van der Waals surface area contributed by atoms with Crippen LogP contribution in [0.25, 0.3) is 11.2 Å². The lowest BCUT2D eigenvalue weighted by atomic mass is 10.2. The van der Waals surface area contributed by atoms with E-state index in [4.69, 9.17) is 24.3 Å². The van der Waals surface area contributed by atoms with Gasteiger partial charge in [-0.15, -0.1) is 0 Å². The molecule has 2 aromatic carbocycles. The van der Waals surface area contributed by atoms with Gasteiger partial charge in [-0.25, -0.2) is 9.55 Å². The predicted octanol–water partition coefficient (Wildman–Crippen LogP) is 2.60. The van der Waals surface area contributed by atoms with Crippen LogP contribution in [0.5, 0.6) is 5.75 Å². The number of carbonyl (C=O) groups excluding carboxylic acids is 1. The van der Waals surface area contributed by atoms with Crippen LogP contribution in [-0.4, -0.2) is 44.7 Å². The number of benzene rings is 2. The molecular formula is C24H27N6O7P. The van der Waals surface area contributed by atoms with Gasteiger partial charge in [0.15, 0.2) is 11.2 Å². The smallest absolute Gasteiger partial charge is 0.459 e. The second-order valence-corrected chi connectivity index (χ2v) is 9.75. The van der Waals surface area contributed by atoms with E-state index in [1.54, 1.807) is 30.3 Å². The van der Waals surface area contributed by atoms with Crippen molar-refractivity contribution in [3.05, 3.63) is 82.9 Å². The predicted molar refractivity (Wildman–Crippen MR) is 138 cm³/mol. The minimum atomic E-state index is -4.02. The van der Waals surface area contributed by atoms with Crippen molar-refractivity contribution in [3.8, 4) is 5.75 Å². The Morgan fingerprint density at radius 3 is 2.58 bits per heavy atom. The van der Waals surface area contributed by atoms with E-state index in [0.29, 0.717) is 0 Å². The summed E-state index contributed by atoms with van der Waals surface area (Å²) in [6.45, 7) is 1.40. The van der Waals surface area contributed by atoms with E-state index in [-0.39, 0.29) is 49.4 Å². The second-order valence-electron chi connectivity index (χ2n) is 8.05.